The van der Waals surface area contributed by atoms with E-state index in [0.717, 1.165) is 12.1 Å². The first-order valence-corrected chi connectivity index (χ1v) is 6.06. The van der Waals surface area contributed by atoms with E-state index in [2.05, 4.69) is 5.32 Å². The first-order chi connectivity index (χ1) is 9.06. The fourth-order valence-corrected chi connectivity index (χ4v) is 1.77. The van der Waals surface area contributed by atoms with Crippen LogP contribution in [0.5, 0.6) is 0 Å². The van der Waals surface area contributed by atoms with Crippen molar-refractivity contribution in [3.63, 3.8) is 0 Å². The van der Waals surface area contributed by atoms with Gasteiger partial charge in [0.2, 0.25) is 0 Å². The van der Waals surface area contributed by atoms with Crippen LogP contribution >= 0.6 is 11.6 Å². The number of rotatable bonds is 4. The average Bonchev–Trinajstić information content (AvgIpc) is 2.38. The van der Waals surface area contributed by atoms with Crippen LogP contribution in [0.3, 0.4) is 0 Å². The van der Waals surface area contributed by atoms with Gasteiger partial charge in [0.05, 0.1) is 11.8 Å². The second-order valence-electron chi connectivity index (χ2n) is 4.07. The van der Waals surface area contributed by atoms with E-state index in [0.29, 0.717) is 10.6 Å². The van der Waals surface area contributed by atoms with E-state index < -0.39 is 17.7 Å². The molecule has 0 aliphatic carbocycles. The number of hydrogen-bond donors (Lipinski definition) is 2. The molecule has 0 aliphatic rings. The van der Waals surface area contributed by atoms with Crippen molar-refractivity contribution in [3.8, 4) is 0 Å². The fraction of sp³-hybridized carbons (Fsp3) is 0.143. The Balaban J connectivity index is 2.00. The highest BCUT2D eigenvalue weighted by Gasteiger charge is 2.09. The summed E-state index contributed by atoms with van der Waals surface area (Å²) in [7, 11) is 0. The largest absolute Gasteiger partial charge is 0.387 e. The molecule has 0 spiro atoms. The van der Waals surface area contributed by atoms with Crippen LogP contribution in [-0.4, -0.2) is 11.7 Å². The number of hydrogen-bond acceptors (Lipinski definition) is 2. The average molecular weight is 284 g/mol. The van der Waals surface area contributed by atoms with Crippen molar-refractivity contribution in [1.29, 1.82) is 0 Å². The molecular weight excluding hydrogens is 272 g/mol. The van der Waals surface area contributed by atoms with E-state index in [-0.39, 0.29) is 12.2 Å². The topological polar surface area (TPSA) is 32.3 Å². The highest BCUT2D eigenvalue weighted by atomic mass is 35.5. The summed E-state index contributed by atoms with van der Waals surface area (Å²) >= 11 is 5.74. The van der Waals surface area contributed by atoms with Crippen molar-refractivity contribution in [2.24, 2.45) is 0 Å². The molecule has 5 heteroatoms. The Labute approximate surface area is 114 Å². The third-order valence-electron chi connectivity index (χ3n) is 2.67. The molecule has 0 radical (unpaired) electrons. The number of halogens is 3. The first kappa shape index (κ1) is 13.8. The van der Waals surface area contributed by atoms with E-state index >= 15 is 0 Å². The lowest BCUT2D eigenvalue weighted by Crippen LogP contribution is -2.13. The van der Waals surface area contributed by atoms with Crippen molar-refractivity contribution in [2.45, 2.75) is 6.10 Å². The summed E-state index contributed by atoms with van der Waals surface area (Å²) in [6, 6.07) is 9.94. The van der Waals surface area contributed by atoms with Crippen LogP contribution in [0.4, 0.5) is 14.5 Å². The number of benzene rings is 2. The zero-order valence-corrected chi connectivity index (χ0v) is 10.7. The third kappa shape index (κ3) is 3.66. The predicted octanol–water partition coefficient (Wildman–Crippen LogP) is 3.76. The van der Waals surface area contributed by atoms with Gasteiger partial charge in [-0.3, -0.25) is 0 Å². The van der Waals surface area contributed by atoms with Crippen molar-refractivity contribution < 1.29 is 13.9 Å². The van der Waals surface area contributed by atoms with Gasteiger partial charge in [-0.15, -0.1) is 0 Å². The summed E-state index contributed by atoms with van der Waals surface area (Å²) in [5.41, 5.74) is 0.814. The van der Waals surface area contributed by atoms with E-state index in [1.54, 1.807) is 24.3 Å². The van der Waals surface area contributed by atoms with Gasteiger partial charge < -0.3 is 10.4 Å². The van der Waals surface area contributed by atoms with Gasteiger partial charge in [-0.1, -0.05) is 23.7 Å². The molecule has 0 saturated heterocycles. The van der Waals surface area contributed by atoms with Crippen LogP contribution in [0.25, 0.3) is 0 Å². The second kappa shape index (κ2) is 5.99. The van der Waals surface area contributed by atoms with Crippen LogP contribution in [-0.2, 0) is 0 Å². The number of aliphatic hydroxyl groups is 1. The molecular formula is C14H12ClF2NO. The molecule has 0 saturated carbocycles. The first-order valence-electron chi connectivity index (χ1n) is 5.69. The van der Waals surface area contributed by atoms with Crippen LogP contribution in [0, 0.1) is 11.6 Å². The minimum absolute atomic E-state index is 0.115. The summed E-state index contributed by atoms with van der Waals surface area (Å²) in [5.74, 6) is -1.33. The van der Waals surface area contributed by atoms with Crippen LogP contribution in [0.1, 0.15) is 11.7 Å². The molecule has 0 aromatic heterocycles. The Morgan fingerprint density at radius 1 is 1.11 bits per heavy atom. The van der Waals surface area contributed by atoms with Crippen molar-refractivity contribution in [2.75, 3.05) is 11.9 Å². The predicted molar refractivity (Wildman–Crippen MR) is 71.3 cm³/mol. The molecule has 2 aromatic carbocycles. The van der Waals surface area contributed by atoms with Gasteiger partial charge in [0.1, 0.15) is 11.6 Å². The third-order valence-corrected chi connectivity index (χ3v) is 2.92. The molecule has 0 aliphatic heterocycles. The smallest absolute Gasteiger partial charge is 0.149 e. The molecule has 1 unspecified atom stereocenters. The summed E-state index contributed by atoms with van der Waals surface area (Å²) in [4.78, 5) is 0. The Kier molecular flexibility index (Phi) is 4.35. The van der Waals surface area contributed by atoms with Crippen molar-refractivity contribution in [3.05, 3.63) is 64.7 Å². The Hall–Kier alpha value is -1.65. The maximum atomic E-state index is 13.4. The van der Waals surface area contributed by atoms with E-state index in [1.165, 1.54) is 6.07 Å². The quantitative estimate of drug-likeness (QED) is 0.895. The molecule has 2 rings (SSSR count). The summed E-state index contributed by atoms with van der Waals surface area (Å²) in [6.07, 6.45) is -0.804. The van der Waals surface area contributed by atoms with Crippen molar-refractivity contribution in [1.82, 2.24) is 0 Å². The van der Waals surface area contributed by atoms with E-state index in [4.69, 9.17) is 11.6 Å². The standard InChI is InChI=1S/C14H12ClF2NO/c15-10-3-1-9(2-4-10)14(19)8-18-13-6-5-11(16)7-12(13)17/h1-7,14,18-19H,8H2. The van der Waals surface area contributed by atoms with Gasteiger partial charge in [0, 0.05) is 17.6 Å². The molecule has 2 aromatic rings. The van der Waals surface area contributed by atoms with Crippen LogP contribution in [0.2, 0.25) is 5.02 Å². The lowest BCUT2D eigenvalue weighted by molar-refractivity contribution is 0.191. The van der Waals surface area contributed by atoms with Gasteiger partial charge in [-0.25, -0.2) is 8.78 Å². The lowest BCUT2D eigenvalue weighted by Gasteiger charge is -2.13. The summed E-state index contributed by atoms with van der Waals surface area (Å²) < 4.78 is 26.1. The second-order valence-corrected chi connectivity index (χ2v) is 4.51. The van der Waals surface area contributed by atoms with Crippen molar-refractivity contribution >= 4 is 17.3 Å². The maximum absolute atomic E-state index is 13.4. The Bertz CT molecular complexity index is 560. The SMILES string of the molecule is OC(CNc1ccc(F)cc1F)c1ccc(Cl)cc1. The normalized spacial score (nSPS) is 12.2. The zero-order chi connectivity index (χ0) is 13.8. The van der Waals surface area contributed by atoms with E-state index in [9.17, 15) is 13.9 Å². The molecule has 0 fully saturated rings. The highest BCUT2D eigenvalue weighted by Crippen LogP contribution is 2.19. The van der Waals surface area contributed by atoms with Crippen LogP contribution in [0.15, 0.2) is 42.5 Å². The molecule has 0 bridgehead atoms. The minimum Gasteiger partial charge on any atom is -0.387 e. The minimum atomic E-state index is -0.804. The Morgan fingerprint density at radius 3 is 2.42 bits per heavy atom. The number of anilines is 1. The number of aliphatic hydroxyl groups excluding tert-OH is 1. The van der Waals surface area contributed by atoms with Gasteiger partial charge in [-0.2, -0.15) is 0 Å². The van der Waals surface area contributed by atoms with Gasteiger partial charge in [-0.05, 0) is 29.8 Å². The van der Waals surface area contributed by atoms with Crippen LogP contribution < -0.4 is 5.32 Å². The zero-order valence-electron chi connectivity index (χ0n) is 9.91. The molecule has 100 valence electrons. The summed E-state index contributed by atoms with van der Waals surface area (Å²) in [5, 5.41) is 13.2. The molecule has 1 atom stereocenters. The van der Waals surface area contributed by atoms with E-state index in [1.807, 2.05) is 0 Å². The van der Waals surface area contributed by atoms with Gasteiger partial charge in [0.25, 0.3) is 0 Å². The molecule has 0 heterocycles. The highest BCUT2D eigenvalue weighted by molar-refractivity contribution is 6.30. The lowest BCUT2D eigenvalue weighted by atomic mass is 10.1. The van der Waals surface area contributed by atoms with Gasteiger partial charge in [0.15, 0.2) is 0 Å². The maximum Gasteiger partial charge on any atom is 0.149 e. The Morgan fingerprint density at radius 2 is 1.79 bits per heavy atom. The van der Waals surface area contributed by atoms with Gasteiger partial charge >= 0.3 is 0 Å². The molecule has 2 N–H and O–H groups in total. The summed E-state index contributed by atoms with van der Waals surface area (Å²) in [6.45, 7) is 0.115. The number of nitrogens with one attached hydrogen (secondary N) is 1. The molecule has 19 heavy (non-hydrogen) atoms. The monoisotopic (exact) mass is 283 g/mol. The molecule has 2 nitrogen and oxygen atoms in total. The molecule has 0 amide bonds. The fourth-order valence-electron chi connectivity index (χ4n) is 1.64.